The molecule has 0 spiro atoms. The molecular weight excluding hydrogens is 276 g/mol. The molecule has 2 rings (SSSR count). The van der Waals surface area contributed by atoms with Gasteiger partial charge in [0.2, 0.25) is 0 Å². The molecular formula is C19H26O3. The van der Waals surface area contributed by atoms with Crippen molar-refractivity contribution >= 4 is 11.8 Å². The Bertz CT molecular complexity index is 563. The summed E-state index contributed by atoms with van der Waals surface area (Å²) in [6.45, 7) is 10.1. The van der Waals surface area contributed by atoms with E-state index in [-0.39, 0.29) is 29.7 Å². The van der Waals surface area contributed by atoms with Crippen LogP contribution in [-0.2, 0) is 14.3 Å². The molecule has 3 nitrogen and oxygen atoms in total. The third-order valence-electron chi connectivity index (χ3n) is 4.86. The zero-order valence-corrected chi connectivity index (χ0v) is 14.2. The molecule has 0 aromatic heterocycles. The van der Waals surface area contributed by atoms with Crippen LogP contribution in [0.4, 0.5) is 0 Å². The fourth-order valence-electron chi connectivity index (χ4n) is 3.76. The highest BCUT2D eigenvalue weighted by atomic mass is 16.5. The van der Waals surface area contributed by atoms with Gasteiger partial charge in [-0.25, -0.2) is 4.79 Å². The Labute approximate surface area is 133 Å². The Morgan fingerprint density at radius 3 is 2.64 bits per heavy atom. The van der Waals surface area contributed by atoms with E-state index >= 15 is 0 Å². The summed E-state index contributed by atoms with van der Waals surface area (Å²) in [5, 5.41) is 0. The molecule has 0 radical (unpaired) electrons. The molecule has 0 heterocycles. The van der Waals surface area contributed by atoms with E-state index in [9.17, 15) is 9.59 Å². The number of ether oxygens (including phenoxy) is 1. The molecule has 2 aliphatic rings. The molecule has 0 fully saturated rings. The molecule has 120 valence electrons. The summed E-state index contributed by atoms with van der Waals surface area (Å²) in [4.78, 5) is 23.9. The lowest BCUT2D eigenvalue weighted by Crippen LogP contribution is -2.41. The summed E-state index contributed by atoms with van der Waals surface area (Å²) in [7, 11) is 0. The summed E-state index contributed by atoms with van der Waals surface area (Å²) in [5.74, 6) is 0.777. The van der Waals surface area contributed by atoms with Crippen LogP contribution in [0.2, 0.25) is 0 Å². The molecule has 0 bridgehead atoms. The monoisotopic (exact) mass is 302 g/mol. The van der Waals surface area contributed by atoms with E-state index in [1.807, 2.05) is 13.8 Å². The van der Waals surface area contributed by atoms with Gasteiger partial charge >= 0.3 is 5.97 Å². The third kappa shape index (κ3) is 3.23. The molecule has 0 aromatic rings. The largest absolute Gasteiger partial charge is 0.459 e. The summed E-state index contributed by atoms with van der Waals surface area (Å²) >= 11 is 0. The molecule has 0 aliphatic heterocycles. The molecule has 0 N–H and O–H groups in total. The number of carbonyl (C=O) groups is 2. The highest BCUT2D eigenvalue weighted by molar-refractivity contribution is 5.98. The summed E-state index contributed by atoms with van der Waals surface area (Å²) in [6.07, 6.45) is 6.40. The van der Waals surface area contributed by atoms with Crippen molar-refractivity contribution in [2.24, 2.45) is 17.8 Å². The fourth-order valence-corrected chi connectivity index (χ4v) is 3.76. The molecule has 3 atom stereocenters. The van der Waals surface area contributed by atoms with Crippen molar-refractivity contribution in [3.05, 3.63) is 34.9 Å². The van der Waals surface area contributed by atoms with Crippen LogP contribution in [0.25, 0.3) is 0 Å². The number of rotatable bonds is 3. The number of fused-ring (bicyclic) bond motifs is 1. The quantitative estimate of drug-likeness (QED) is 0.449. The maximum absolute atomic E-state index is 12.0. The number of Topliss-reactive ketones (excluding diaryl/α,β-unsaturated/α-hetero) is 1. The van der Waals surface area contributed by atoms with Gasteiger partial charge in [0.25, 0.3) is 0 Å². The van der Waals surface area contributed by atoms with Gasteiger partial charge in [0.05, 0.1) is 0 Å². The van der Waals surface area contributed by atoms with Gasteiger partial charge in [-0.2, -0.15) is 0 Å². The molecule has 0 saturated heterocycles. The third-order valence-corrected chi connectivity index (χ3v) is 4.86. The average molecular weight is 302 g/mol. The number of hydrogen-bond donors (Lipinski definition) is 0. The van der Waals surface area contributed by atoms with Gasteiger partial charge in [-0.05, 0) is 32.3 Å². The SMILES string of the molecule is CC=CC(=O)OC1CC(C)=C2CC(=O)C(C)=CC2C1C(C)C. The van der Waals surface area contributed by atoms with Crippen molar-refractivity contribution in [1.29, 1.82) is 0 Å². The normalized spacial score (nSPS) is 28.9. The first-order valence-electron chi connectivity index (χ1n) is 8.08. The van der Waals surface area contributed by atoms with Gasteiger partial charge < -0.3 is 4.74 Å². The Morgan fingerprint density at radius 1 is 1.36 bits per heavy atom. The van der Waals surface area contributed by atoms with E-state index in [0.717, 1.165) is 12.0 Å². The van der Waals surface area contributed by atoms with Gasteiger partial charge in [0.1, 0.15) is 6.10 Å². The van der Waals surface area contributed by atoms with Crippen LogP contribution in [0.15, 0.2) is 34.9 Å². The van der Waals surface area contributed by atoms with Gasteiger partial charge in [-0.3, -0.25) is 4.79 Å². The Balaban J connectivity index is 2.36. The number of allylic oxidation sites excluding steroid dienone is 4. The van der Waals surface area contributed by atoms with E-state index in [2.05, 4.69) is 26.8 Å². The van der Waals surface area contributed by atoms with Crippen molar-refractivity contribution in [3.8, 4) is 0 Å². The minimum atomic E-state index is -0.276. The van der Waals surface area contributed by atoms with E-state index in [1.54, 1.807) is 6.08 Å². The maximum Gasteiger partial charge on any atom is 0.330 e. The second kappa shape index (κ2) is 6.64. The molecule has 22 heavy (non-hydrogen) atoms. The van der Waals surface area contributed by atoms with Gasteiger partial charge in [0, 0.05) is 30.8 Å². The van der Waals surface area contributed by atoms with Crippen LogP contribution >= 0.6 is 0 Å². The lowest BCUT2D eigenvalue weighted by Gasteiger charge is -2.42. The first kappa shape index (κ1) is 16.7. The lowest BCUT2D eigenvalue weighted by molar-refractivity contribution is -0.148. The Kier molecular flexibility index (Phi) is 5.05. The van der Waals surface area contributed by atoms with Gasteiger partial charge in [0.15, 0.2) is 5.78 Å². The summed E-state index contributed by atoms with van der Waals surface area (Å²) in [6, 6.07) is 0. The lowest BCUT2D eigenvalue weighted by atomic mass is 9.65. The van der Waals surface area contributed by atoms with Crippen molar-refractivity contribution in [1.82, 2.24) is 0 Å². The first-order chi connectivity index (χ1) is 10.3. The van der Waals surface area contributed by atoms with Crippen molar-refractivity contribution < 1.29 is 14.3 Å². The minimum absolute atomic E-state index is 0.116. The fraction of sp³-hybridized carbons (Fsp3) is 0.579. The molecule has 2 aliphatic carbocycles. The van der Waals surface area contributed by atoms with Crippen molar-refractivity contribution in [2.45, 2.75) is 53.6 Å². The second-order valence-electron chi connectivity index (χ2n) is 6.78. The van der Waals surface area contributed by atoms with Gasteiger partial charge in [-0.1, -0.05) is 37.1 Å². The highest BCUT2D eigenvalue weighted by Crippen LogP contribution is 2.45. The van der Waals surface area contributed by atoms with Crippen LogP contribution < -0.4 is 0 Å². The summed E-state index contributed by atoms with van der Waals surface area (Å²) < 4.78 is 5.71. The van der Waals surface area contributed by atoms with E-state index in [4.69, 9.17) is 4.74 Å². The van der Waals surface area contributed by atoms with Crippen molar-refractivity contribution in [2.75, 3.05) is 0 Å². The average Bonchev–Trinajstić information content (AvgIpc) is 2.41. The zero-order valence-electron chi connectivity index (χ0n) is 14.2. The first-order valence-corrected chi connectivity index (χ1v) is 8.08. The molecule has 3 unspecified atom stereocenters. The van der Waals surface area contributed by atoms with Crippen LogP contribution in [0.3, 0.4) is 0 Å². The van der Waals surface area contributed by atoms with Crippen molar-refractivity contribution in [3.63, 3.8) is 0 Å². The Morgan fingerprint density at radius 2 is 2.05 bits per heavy atom. The van der Waals surface area contributed by atoms with E-state index < -0.39 is 0 Å². The summed E-state index contributed by atoms with van der Waals surface area (Å²) in [5.41, 5.74) is 3.29. The minimum Gasteiger partial charge on any atom is -0.459 e. The number of hydrogen-bond acceptors (Lipinski definition) is 3. The molecule has 0 saturated carbocycles. The van der Waals surface area contributed by atoms with Crippen LogP contribution in [0.5, 0.6) is 0 Å². The smallest absolute Gasteiger partial charge is 0.330 e. The van der Waals surface area contributed by atoms with Crippen LogP contribution in [0.1, 0.15) is 47.5 Å². The second-order valence-corrected chi connectivity index (χ2v) is 6.78. The number of ketones is 1. The standard InChI is InChI=1S/C19H26O3/c1-6-7-18(21)22-17-9-12(4)14-10-16(20)13(5)8-15(14)19(17)11(2)3/h6-8,11,15,17,19H,9-10H2,1-5H3. The topological polar surface area (TPSA) is 43.4 Å². The van der Waals surface area contributed by atoms with Crippen LogP contribution in [0, 0.1) is 17.8 Å². The predicted octanol–water partition coefficient (Wildman–Crippen LogP) is 4.00. The maximum atomic E-state index is 12.0. The zero-order chi connectivity index (χ0) is 16.4. The predicted molar refractivity (Wildman–Crippen MR) is 87.2 cm³/mol. The highest BCUT2D eigenvalue weighted by Gasteiger charge is 2.41. The number of carbonyl (C=O) groups excluding carboxylic acids is 2. The molecule has 0 amide bonds. The molecule has 3 heteroatoms. The Hall–Kier alpha value is -1.64. The molecule has 0 aromatic carbocycles. The van der Waals surface area contributed by atoms with Gasteiger partial charge in [-0.15, -0.1) is 0 Å². The van der Waals surface area contributed by atoms with E-state index in [1.165, 1.54) is 17.2 Å². The van der Waals surface area contributed by atoms with Crippen LogP contribution in [-0.4, -0.2) is 17.9 Å². The van der Waals surface area contributed by atoms with E-state index in [0.29, 0.717) is 12.3 Å². The number of esters is 1.